The summed E-state index contributed by atoms with van der Waals surface area (Å²) in [5.41, 5.74) is 0.0532. The number of hydrogen-bond donors (Lipinski definition) is 2. The SMILES string of the molecule is CC(NC(=O)C1C2C3CCC(C3)C12)c1nc(C(=O)O)cs1. The zero-order chi connectivity index (χ0) is 14.7. The Bertz CT molecular complexity index is 598. The van der Waals surface area contributed by atoms with Gasteiger partial charge < -0.3 is 10.4 Å². The minimum absolute atomic E-state index is 0.0532. The van der Waals surface area contributed by atoms with Crippen LogP contribution in [-0.2, 0) is 4.79 Å². The molecule has 0 saturated heterocycles. The van der Waals surface area contributed by atoms with Crippen molar-refractivity contribution in [1.82, 2.24) is 10.3 Å². The van der Waals surface area contributed by atoms with Gasteiger partial charge in [-0.3, -0.25) is 4.79 Å². The van der Waals surface area contributed by atoms with Gasteiger partial charge in [0.15, 0.2) is 5.69 Å². The van der Waals surface area contributed by atoms with Crippen LogP contribution in [0.25, 0.3) is 0 Å². The molecule has 5 nitrogen and oxygen atoms in total. The molecule has 1 aromatic heterocycles. The number of aromatic nitrogens is 1. The number of nitrogens with one attached hydrogen (secondary N) is 1. The molecular weight excluding hydrogens is 288 g/mol. The Morgan fingerprint density at radius 2 is 2.05 bits per heavy atom. The Morgan fingerprint density at radius 3 is 2.62 bits per heavy atom. The number of carbonyl (C=O) groups excluding carboxylic acids is 1. The van der Waals surface area contributed by atoms with E-state index in [9.17, 15) is 9.59 Å². The molecule has 3 fully saturated rings. The van der Waals surface area contributed by atoms with Crippen molar-refractivity contribution in [3.05, 3.63) is 16.1 Å². The van der Waals surface area contributed by atoms with Crippen LogP contribution >= 0.6 is 11.3 Å². The van der Waals surface area contributed by atoms with Gasteiger partial charge in [-0.25, -0.2) is 9.78 Å². The first-order valence-corrected chi connectivity index (χ1v) is 8.43. The van der Waals surface area contributed by atoms with E-state index < -0.39 is 5.97 Å². The molecule has 3 saturated carbocycles. The molecule has 21 heavy (non-hydrogen) atoms. The highest BCUT2D eigenvalue weighted by Crippen LogP contribution is 2.69. The van der Waals surface area contributed by atoms with Gasteiger partial charge >= 0.3 is 5.97 Å². The second-order valence-corrected chi connectivity index (χ2v) is 7.51. The molecule has 1 heterocycles. The third kappa shape index (κ3) is 1.99. The zero-order valence-electron chi connectivity index (χ0n) is 11.8. The Hall–Kier alpha value is -1.43. The maximum Gasteiger partial charge on any atom is 0.355 e. The maximum absolute atomic E-state index is 12.4. The van der Waals surface area contributed by atoms with Crippen LogP contribution in [0.5, 0.6) is 0 Å². The molecule has 2 bridgehead atoms. The van der Waals surface area contributed by atoms with E-state index in [0.29, 0.717) is 16.8 Å². The summed E-state index contributed by atoms with van der Waals surface area (Å²) < 4.78 is 0. The van der Waals surface area contributed by atoms with Crippen molar-refractivity contribution in [2.45, 2.75) is 32.2 Å². The summed E-state index contributed by atoms with van der Waals surface area (Å²) in [5.74, 6) is 2.14. The normalized spacial score (nSPS) is 37.1. The number of carboxylic acid groups (broad SMARTS) is 1. The summed E-state index contributed by atoms with van der Waals surface area (Å²) in [5, 5.41) is 14.1. The first-order valence-electron chi connectivity index (χ1n) is 7.55. The zero-order valence-corrected chi connectivity index (χ0v) is 12.6. The van der Waals surface area contributed by atoms with E-state index in [1.165, 1.54) is 36.0 Å². The van der Waals surface area contributed by atoms with E-state index in [0.717, 1.165) is 11.8 Å². The van der Waals surface area contributed by atoms with Crippen molar-refractivity contribution >= 4 is 23.2 Å². The topological polar surface area (TPSA) is 79.3 Å². The Labute approximate surface area is 126 Å². The van der Waals surface area contributed by atoms with E-state index >= 15 is 0 Å². The lowest BCUT2D eigenvalue weighted by atomic mass is 10.0. The summed E-state index contributed by atoms with van der Waals surface area (Å²) in [4.78, 5) is 27.3. The predicted molar refractivity (Wildman–Crippen MR) is 76.9 cm³/mol. The molecule has 6 heteroatoms. The second kappa shape index (κ2) is 4.53. The Kier molecular flexibility index (Phi) is 2.86. The first-order chi connectivity index (χ1) is 10.1. The minimum Gasteiger partial charge on any atom is -0.476 e. The van der Waals surface area contributed by atoms with Crippen molar-refractivity contribution in [3.63, 3.8) is 0 Å². The third-order valence-electron chi connectivity index (χ3n) is 5.51. The smallest absolute Gasteiger partial charge is 0.355 e. The number of aromatic carboxylic acids is 1. The standard InChI is InChI=1S/C15H18N2O3S/c1-6(14-17-9(5-21-14)15(19)20)16-13(18)12-10-7-2-3-8(4-7)11(10)12/h5-8,10-12H,2-4H2,1H3,(H,16,18)(H,19,20). The van der Waals surface area contributed by atoms with Crippen LogP contribution in [0.15, 0.2) is 5.38 Å². The van der Waals surface area contributed by atoms with Crippen LogP contribution < -0.4 is 5.32 Å². The van der Waals surface area contributed by atoms with Crippen LogP contribution in [0, 0.1) is 29.6 Å². The summed E-state index contributed by atoms with van der Waals surface area (Å²) in [6.07, 6.45) is 3.95. The molecule has 0 aliphatic heterocycles. The number of rotatable bonds is 4. The van der Waals surface area contributed by atoms with Crippen molar-refractivity contribution in [2.24, 2.45) is 29.6 Å². The third-order valence-corrected chi connectivity index (χ3v) is 6.54. The number of hydrogen-bond acceptors (Lipinski definition) is 4. The predicted octanol–water partition coefficient (Wildman–Crippen LogP) is 2.31. The largest absolute Gasteiger partial charge is 0.476 e. The molecule has 4 rings (SSSR count). The van der Waals surface area contributed by atoms with Crippen LogP contribution in [-0.4, -0.2) is 22.0 Å². The van der Waals surface area contributed by atoms with Crippen LogP contribution in [0.2, 0.25) is 0 Å². The molecule has 1 amide bonds. The second-order valence-electron chi connectivity index (χ2n) is 6.62. The molecular formula is C15H18N2O3S. The van der Waals surface area contributed by atoms with Crippen LogP contribution in [0.3, 0.4) is 0 Å². The molecule has 3 aliphatic rings. The number of nitrogens with zero attached hydrogens (tertiary/aromatic N) is 1. The van der Waals surface area contributed by atoms with Gasteiger partial charge in [-0.05, 0) is 49.9 Å². The lowest BCUT2D eigenvalue weighted by molar-refractivity contribution is -0.124. The van der Waals surface area contributed by atoms with E-state index in [4.69, 9.17) is 5.11 Å². The molecule has 2 N–H and O–H groups in total. The molecule has 0 aromatic carbocycles. The lowest BCUT2D eigenvalue weighted by Crippen LogP contribution is -2.30. The van der Waals surface area contributed by atoms with E-state index in [1.54, 1.807) is 0 Å². The highest BCUT2D eigenvalue weighted by atomic mass is 32.1. The van der Waals surface area contributed by atoms with E-state index in [1.807, 2.05) is 6.92 Å². The Morgan fingerprint density at radius 1 is 1.38 bits per heavy atom. The molecule has 5 atom stereocenters. The highest BCUT2D eigenvalue weighted by Gasteiger charge is 2.67. The number of amides is 1. The number of carbonyl (C=O) groups is 2. The van der Waals surface area contributed by atoms with Gasteiger partial charge in [-0.15, -0.1) is 11.3 Å². The first kappa shape index (κ1) is 13.2. The Balaban J connectivity index is 1.40. The quantitative estimate of drug-likeness (QED) is 0.894. The minimum atomic E-state index is -1.02. The fourth-order valence-electron chi connectivity index (χ4n) is 4.63. The van der Waals surface area contributed by atoms with Gasteiger partial charge in [0.05, 0.1) is 6.04 Å². The van der Waals surface area contributed by atoms with Crippen molar-refractivity contribution < 1.29 is 14.7 Å². The molecule has 0 radical (unpaired) electrons. The maximum atomic E-state index is 12.4. The van der Waals surface area contributed by atoms with Crippen LogP contribution in [0.1, 0.15) is 47.7 Å². The van der Waals surface area contributed by atoms with Crippen molar-refractivity contribution in [1.29, 1.82) is 0 Å². The van der Waals surface area contributed by atoms with E-state index in [2.05, 4.69) is 10.3 Å². The van der Waals surface area contributed by atoms with Gasteiger partial charge in [0.2, 0.25) is 5.91 Å². The molecule has 112 valence electrons. The van der Waals surface area contributed by atoms with Crippen LogP contribution in [0.4, 0.5) is 0 Å². The number of thiazole rings is 1. The monoisotopic (exact) mass is 306 g/mol. The fourth-order valence-corrected chi connectivity index (χ4v) is 5.43. The van der Waals surface area contributed by atoms with Crippen molar-refractivity contribution in [3.8, 4) is 0 Å². The van der Waals surface area contributed by atoms with Gasteiger partial charge in [-0.2, -0.15) is 0 Å². The summed E-state index contributed by atoms with van der Waals surface area (Å²) in [6, 6.07) is -0.213. The number of carboxylic acids is 1. The average Bonchev–Trinajstić information content (AvgIpc) is 2.87. The van der Waals surface area contributed by atoms with E-state index in [-0.39, 0.29) is 23.6 Å². The van der Waals surface area contributed by atoms with Gasteiger partial charge in [0.25, 0.3) is 0 Å². The van der Waals surface area contributed by atoms with Gasteiger partial charge in [0, 0.05) is 11.3 Å². The molecule has 3 aliphatic carbocycles. The number of fused-ring (bicyclic) bond motifs is 5. The summed E-state index contributed by atoms with van der Waals surface area (Å²) in [7, 11) is 0. The summed E-state index contributed by atoms with van der Waals surface area (Å²) in [6.45, 7) is 1.87. The van der Waals surface area contributed by atoms with Crippen molar-refractivity contribution in [2.75, 3.05) is 0 Å². The average molecular weight is 306 g/mol. The lowest BCUT2D eigenvalue weighted by Gasteiger charge is -2.13. The van der Waals surface area contributed by atoms with Gasteiger partial charge in [-0.1, -0.05) is 0 Å². The molecule has 1 aromatic rings. The van der Waals surface area contributed by atoms with Gasteiger partial charge in [0.1, 0.15) is 5.01 Å². The fraction of sp³-hybridized carbons (Fsp3) is 0.667. The summed E-state index contributed by atoms with van der Waals surface area (Å²) >= 11 is 1.29. The molecule has 5 unspecified atom stereocenters. The highest BCUT2D eigenvalue weighted by molar-refractivity contribution is 7.09. The molecule has 0 spiro atoms.